The monoisotopic (exact) mass is 273 g/mol. The van der Waals surface area contributed by atoms with Crippen LogP contribution in [0, 0.1) is 5.92 Å². The quantitative estimate of drug-likeness (QED) is 0.409. The highest BCUT2D eigenvalue weighted by Crippen LogP contribution is 2.28. The van der Waals surface area contributed by atoms with Crippen molar-refractivity contribution in [2.75, 3.05) is 18.8 Å². The molecule has 1 aromatic rings. The van der Waals surface area contributed by atoms with Gasteiger partial charge in [-0.2, -0.15) is 0 Å². The van der Waals surface area contributed by atoms with Crippen molar-refractivity contribution in [2.24, 2.45) is 5.92 Å². The summed E-state index contributed by atoms with van der Waals surface area (Å²) >= 11 is 0. The number of benzene rings is 1. The number of hydrogen-bond acceptors (Lipinski definition) is 3. The van der Waals surface area contributed by atoms with Crippen LogP contribution in [0.25, 0.3) is 6.08 Å². The SMILES string of the molecule is Nc1cccc(/C=C/C(=O)NCCNC(=O)C2CC2)c1. The minimum absolute atomic E-state index is 0.0922. The highest BCUT2D eigenvalue weighted by molar-refractivity contribution is 5.91. The number of nitrogens with one attached hydrogen (secondary N) is 2. The first-order valence-electron chi connectivity index (χ1n) is 6.74. The van der Waals surface area contributed by atoms with Gasteiger partial charge in [0.15, 0.2) is 0 Å². The predicted octanol–water partition coefficient (Wildman–Crippen LogP) is 0.924. The number of anilines is 1. The van der Waals surface area contributed by atoms with Crippen molar-refractivity contribution in [3.8, 4) is 0 Å². The van der Waals surface area contributed by atoms with E-state index in [-0.39, 0.29) is 17.7 Å². The van der Waals surface area contributed by atoms with Gasteiger partial charge in [0.2, 0.25) is 11.8 Å². The van der Waals surface area contributed by atoms with Gasteiger partial charge in [-0.15, -0.1) is 0 Å². The molecule has 0 spiro atoms. The summed E-state index contributed by atoms with van der Waals surface area (Å²) in [5.74, 6) is 0.108. The van der Waals surface area contributed by atoms with Gasteiger partial charge in [-0.05, 0) is 36.6 Å². The molecule has 0 heterocycles. The Balaban J connectivity index is 1.65. The Labute approximate surface area is 118 Å². The standard InChI is InChI=1S/C15H19N3O2/c16-13-3-1-2-11(10-13)4-7-14(19)17-8-9-18-15(20)12-5-6-12/h1-4,7,10,12H,5-6,8-9,16H2,(H,17,19)(H,18,20)/b7-4+. The van der Waals surface area contributed by atoms with Gasteiger partial charge in [-0.1, -0.05) is 12.1 Å². The molecule has 20 heavy (non-hydrogen) atoms. The second-order valence-corrected chi connectivity index (χ2v) is 4.86. The van der Waals surface area contributed by atoms with Crippen LogP contribution < -0.4 is 16.4 Å². The molecule has 1 aliphatic carbocycles. The lowest BCUT2D eigenvalue weighted by atomic mass is 10.2. The highest BCUT2D eigenvalue weighted by Gasteiger charge is 2.28. The molecule has 4 N–H and O–H groups in total. The number of hydrogen-bond donors (Lipinski definition) is 3. The lowest BCUT2D eigenvalue weighted by molar-refractivity contribution is -0.122. The molecule has 0 aliphatic heterocycles. The number of amides is 2. The molecule has 0 bridgehead atoms. The van der Waals surface area contributed by atoms with Crippen molar-refractivity contribution < 1.29 is 9.59 Å². The number of nitrogens with two attached hydrogens (primary N) is 1. The maximum atomic E-state index is 11.6. The average molecular weight is 273 g/mol. The number of carbonyl (C=O) groups excluding carboxylic acids is 2. The van der Waals surface area contributed by atoms with Gasteiger partial charge in [0, 0.05) is 30.8 Å². The summed E-state index contributed by atoms with van der Waals surface area (Å²) in [5, 5.41) is 5.50. The fraction of sp³-hybridized carbons (Fsp3) is 0.333. The van der Waals surface area contributed by atoms with E-state index in [1.807, 2.05) is 12.1 Å². The van der Waals surface area contributed by atoms with Crippen LogP contribution in [-0.4, -0.2) is 24.9 Å². The summed E-state index contributed by atoms with van der Waals surface area (Å²) in [6, 6.07) is 7.29. The highest BCUT2D eigenvalue weighted by atomic mass is 16.2. The summed E-state index contributed by atoms with van der Waals surface area (Å²) in [4.78, 5) is 22.9. The van der Waals surface area contributed by atoms with E-state index in [4.69, 9.17) is 5.73 Å². The first kappa shape index (κ1) is 14.1. The van der Waals surface area contributed by atoms with Crippen LogP contribution in [0.1, 0.15) is 18.4 Å². The van der Waals surface area contributed by atoms with E-state index in [0.717, 1.165) is 18.4 Å². The molecule has 0 atom stereocenters. The molecule has 1 saturated carbocycles. The Bertz CT molecular complexity index is 522. The molecule has 1 aromatic carbocycles. The summed E-state index contributed by atoms with van der Waals surface area (Å²) in [6.07, 6.45) is 5.13. The summed E-state index contributed by atoms with van der Waals surface area (Å²) < 4.78 is 0. The van der Waals surface area contributed by atoms with Crippen molar-refractivity contribution in [1.29, 1.82) is 0 Å². The van der Waals surface area contributed by atoms with E-state index >= 15 is 0 Å². The molecule has 0 radical (unpaired) electrons. The van der Waals surface area contributed by atoms with Crippen molar-refractivity contribution in [2.45, 2.75) is 12.8 Å². The van der Waals surface area contributed by atoms with Crippen LogP contribution in [0.5, 0.6) is 0 Å². The molecule has 0 saturated heterocycles. The van der Waals surface area contributed by atoms with E-state index in [1.165, 1.54) is 6.08 Å². The van der Waals surface area contributed by atoms with Crippen molar-refractivity contribution >= 4 is 23.6 Å². The molecule has 5 heteroatoms. The first-order valence-corrected chi connectivity index (χ1v) is 6.74. The molecular formula is C15H19N3O2. The summed E-state index contributed by atoms with van der Waals surface area (Å²) in [6.45, 7) is 0.895. The molecule has 0 unspecified atom stereocenters. The van der Waals surface area contributed by atoms with E-state index in [2.05, 4.69) is 10.6 Å². The van der Waals surface area contributed by atoms with Crippen molar-refractivity contribution in [3.05, 3.63) is 35.9 Å². The van der Waals surface area contributed by atoms with Gasteiger partial charge in [0.25, 0.3) is 0 Å². The number of nitrogen functional groups attached to an aromatic ring is 1. The number of rotatable bonds is 6. The van der Waals surface area contributed by atoms with Gasteiger partial charge < -0.3 is 16.4 Å². The molecule has 2 rings (SSSR count). The molecule has 0 aromatic heterocycles. The zero-order valence-electron chi connectivity index (χ0n) is 11.3. The minimum atomic E-state index is -0.187. The third-order valence-corrected chi connectivity index (χ3v) is 3.01. The molecule has 1 aliphatic rings. The van der Waals surface area contributed by atoms with Gasteiger partial charge >= 0.3 is 0 Å². The largest absolute Gasteiger partial charge is 0.399 e. The van der Waals surface area contributed by atoms with Crippen molar-refractivity contribution in [1.82, 2.24) is 10.6 Å². The van der Waals surface area contributed by atoms with Crippen LogP contribution in [0.15, 0.2) is 30.3 Å². The Morgan fingerprint density at radius 2 is 2.00 bits per heavy atom. The van der Waals surface area contributed by atoms with Crippen LogP contribution >= 0.6 is 0 Å². The van der Waals surface area contributed by atoms with Crippen LogP contribution in [0.3, 0.4) is 0 Å². The normalized spacial score (nSPS) is 14.2. The Kier molecular flexibility index (Phi) is 4.76. The molecule has 5 nitrogen and oxygen atoms in total. The minimum Gasteiger partial charge on any atom is -0.399 e. The van der Waals surface area contributed by atoms with Gasteiger partial charge in [-0.3, -0.25) is 9.59 Å². The zero-order valence-corrected chi connectivity index (χ0v) is 11.3. The maximum absolute atomic E-state index is 11.6. The number of carbonyl (C=O) groups is 2. The lowest BCUT2D eigenvalue weighted by Gasteiger charge is -2.04. The zero-order chi connectivity index (χ0) is 14.4. The second kappa shape index (κ2) is 6.75. The Morgan fingerprint density at radius 3 is 2.70 bits per heavy atom. The molecular weight excluding hydrogens is 254 g/mol. The summed E-state index contributed by atoms with van der Waals surface area (Å²) in [5.41, 5.74) is 7.19. The van der Waals surface area contributed by atoms with Crippen molar-refractivity contribution in [3.63, 3.8) is 0 Å². The average Bonchev–Trinajstić information content (AvgIpc) is 3.26. The topological polar surface area (TPSA) is 84.2 Å². The van der Waals surface area contributed by atoms with E-state index in [0.29, 0.717) is 18.8 Å². The first-order chi connectivity index (χ1) is 9.65. The van der Waals surface area contributed by atoms with Crippen LogP contribution in [-0.2, 0) is 9.59 Å². The summed E-state index contributed by atoms with van der Waals surface area (Å²) in [7, 11) is 0. The van der Waals surface area contributed by atoms with E-state index < -0.39 is 0 Å². The lowest BCUT2D eigenvalue weighted by Crippen LogP contribution is -2.34. The van der Waals surface area contributed by atoms with E-state index in [1.54, 1.807) is 18.2 Å². The second-order valence-electron chi connectivity index (χ2n) is 4.86. The van der Waals surface area contributed by atoms with Crippen LogP contribution in [0.2, 0.25) is 0 Å². The van der Waals surface area contributed by atoms with Gasteiger partial charge in [0.05, 0.1) is 0 Å². The third-order valence-electron chi connectivity index (χ3n) is 3.01. The van der Waals surface area contributed by atoms with Crippen LogP contribution in [0.4, 0.5) is 5.69 Å². The molecule has 2 amide bonds. The fourth-order valence-electron chi connectivity index (χ4n) is 1.75. The van der Waals surface area contributed by atoms with E-state index in [9.17, 15) is 9.59 Å². The van der Waals surface area contributed by atoms with Gasteiger partial charge in [0.1, 0.15) is 0 Å². The Morgan fingerprint density at radius 1 is 1.25 bits per heavy atom. The molecule has 106 valence electrons. The maximum Gasteiger partial charge on any atom is 0.244 e. The smallest absolute Gasteiger partial charge is 0.244 e. The predicted molar refractivity (Wildman–Crippen MR) is 78.6 cm³/mol. The Hall–Kier alpha value is -2.30. The fourth-order valence-corrected chi connectivity index (χ4v) is 1.75. The van der Waals surface area contributed by atoms with Gasteiger partial charge in [-0.25, -0.2) is 0 Å². The molecule has 1 fully saturated rings. The third kappa shape index (κ3) is 4.76.